The van der Waals surface area contributed by atoms with Crippen LogP contribution in [-0.4, -0.2) is 12.6 Å². The van der Waals surface area contributed by atoms with Crippen molar-refractivity contribution < 1.29 is 0 Å². The van der Waals surface area contributed by atoms with Gasteiger partial charge in [0, 0.05) is 6.04 Å². The lowest BCUT2D eigenvalue weighted by Gasteiger charge is -2.22. The van der Waals surface area contributed by atoms with E-state index in [2.05, 4.69) is 33.0 Å². The first kappa shape index (κ1) is 9.05. The van der Waals surface area contributed by atoms with Crippen LogP contribution in [0.15, 0.2) is 0 Å². The zero-order chi connectivity index (χ0) is 8.48. The van der Waals surface area contributed by atoms with Crippen molar-refractivity contribution in [1.29, 1.82) is 0 Å². The highest BCUT2D eigenvalue weighted by Gasteiger charge is 2.24. The summed E-state index contributed by atoms with van der Waals surface area (Å²) in [5.74, 6) is 0.921. The van der Waals surface area contributed by atoms with Crippen molar-refractivity contribution in [2.75, 3.05) is 6.54 Å². The third kappa shape index (κ3) is 3.24. The molecule has 0 aliphatic carbocycles. The van der Waals surface area contributed by atoms with Crippen LogP contribution < -0.4 is 5.32 Å². The SMILES string of the molecule is C[C@@H]1C[C@H](CC(C)(C)C)CN1. The summed E-state index contributed by atoms with van der Waals surface area (Å²) < 4.78 is 0. The van der Waals surface area contributed by atoms with E-state index in [4.69, 9.17) is 0 Å². The maximum absolute atomic E-state index is 3.49. The summed E-state index contributed by atoms with van der Waals surface area (Å²) in [6, 6.07) is 0.752. The minimum atomic E-state index is 0.510. The molecule has 2 atom stereocenters. The highest BCUT2D eigenvalue weighted by molar-refractivity contribution is 4.81. The fourth-order valence-electron chi connectivity index (χ4n) is 2.06. The first-order valence-electron chi connectivity index (χ1n) is 4.71. The van der Waals surface area contributed by atoms with Gasteiger partial charge in [0.25, 0.3) is 0 Å². The van der Waals surface area contributed by atoms with E-state index < -0.39 is 0 Å². The molecule has 1 N–H and O–H groups in total. The molecule has 66 valence electrons. The van der Waals surface area contributed by atoms with Gasteiger partial charge in [0.05, 0.1) is 0 Å². The van der Waals surface area contributed by atoms with Gasteiger partial charge in [-0.3, -0.25) is 0 Å². The van der Waals surface area contributed by atoms with Crippen LogP contribution in [0.5, 0.6) is 0 Å². The molecule has 1 aliphatic rings. The van der Waals surface area contributed by atoms with E-state index in [0.29, 0.717) is 5.41 Å². The molecule has 0 saturated carbocycles. The Bertz CT molecular complexity index is 123. The molecular formula is C10H21N. The molecule has 1 aliphatic heterocycles. The zero-order valence-electron chi connectivity index (χ0n) is 8.28. The van der Waals surface area contributed by atoms with Crippen LogP contribution in [0, 0.1) is 11.3 Å². The van der Waals surface area contributed by atoms with Crippen molar-refractivity contribution in [1.82, 2.24) is 5.32 Å². The van der Waals surface area contributed by atoms with Gasteiger partial charge in [-0.05, 0) is 37.6 Å². The van der Waals surface area contributed by atoms with E-state index in [9.17, 15) is 0 Å². The second-order valence-electron chi connectivity index (χ2n) is 5.18. The maximum atomic E-state index is 3.49. The Hall–Kier alpha value is -0.0400. The molecule has 0 radical (unpaired) electrons. The highest BCUT2D eigenvalue weighted by atomic mass is 14.9. The van der Waals surface area contributed by atoms with Crippen LogP contribution in [0.3, 0.4) is 0 Å². The minimum Gasteiger partial charge on any atom is -0.314 e. The monoisotopic (exact) mass is 155 g/mol. The van der Waals surface area contributed by atoms with Gasteiger partial charge in [-0.15, -0.1) is 0 Å². The first-order chi connectivity index (χ1) is 4.97. The Labute approximate surface area is 70.6 Å². The van der Waals surface area contributed by atoms with E-state index >= 15 is 0 Å². The Morgan fingerprint density at radius 1 is 1.36 bits per heavy atom. The number of rotatable bonds is 1. The molecule has 11 heavy (non-hydrogen) atoms. The van der Waals surface area contributed by atoms with Crippen molar-refractivity contribution >= 4 is 0 Å². The minimum absolute atomic E-state index is 0.510. The molecule has 0 aromatic rings. The maximum Gasteiger partial charge on any atom is 0.00419 e. The molecule has 0 aromatic carbocycles. The average Bonchev–Trinajstić information content (AvgIpc) is 2.10. The summed E-state index contributed by atoms with van der Waals surface area (Å²) in [5.41, 5.74) is 0.510. The van der Waals surface area contributed by atoms with Gasteiger partial charge in [-0.2, -0.15) is 0 Å². The molecule has 1 fully saturated rings. The third-order valence-corrected chi connectivity index (χ3v) is 2.34. The van der Waals surface area contributed by atoms with E-state index in [0.717, 1.165) is 12.0 Å². The second-order valence-corrected chi connectivity index (χ2v) is 5.18. The van der Waals surface area contributed by atoms with Crippen molar-refractivity contribution in [2.24, 2.45) is 11.3 Å². The Balaban J connectivity index is 2.29. The van der Waals surface area contributed by atoms with Gasteiger partial charge >= 0.3 is 0 Å². The molecule has 1 heteroatoms. The summed E-state index contributed by atoms with van der Waals surface area (Å²) in [6.07, 6.45) is 2.74. The first-order valence-corrected chi connectivity index (χ1v) is 4.71. The summed E-state index contributed by atoms with van der Waals surface area (Å²) in [6.45, 7) is 10.5. The average molecular weight is 155 g/mol. The second kappa shape index (κ2) is 3.14. The molecule has 0 bridgehead atoms. The Morgan fingerprint density at radius 2 is 2.00 bits per heavy atom. The molecule has 1 rings (SSSR count). The van der Waals surface area contributed by atoms with E-state index in [1.54, 1.807) is 0 Å². The quantitative estimate of drug-likeness (QED) is 0.613. The molecule has 0 aromatic heterocycles. The molecule has 1 saturated heterocycles. The third-order valence-electron chi connectivity index (χ3n) is 2.34. The summed E-state index contributed by atoms with van der Waals surface area (Å²) in [5, 5.41) is 3.49. The lowest BCUT2D eigenvalue weighted by Crippen LogP contribution is -2.18. The lowest BCUT2D eigenvalue weighted by molar-refractivity contribution is 0.304. The highest BCUT2D eigenvalue weighted by Crippen LogP contribution is 2.29. The van der Waals surface area contributed by atoms with Gasteiger partial charge < -0.3 is 5.32 Å². The standard InChI is InChI=1S/C10H21N/c1-8-5-9(7-11-8)6-10(2,3)4/h8-9,11H,5-7H2,1-4H3/t8-,9-/m1/s1. The summed E-state index contributed by atoms with van der Waals surface area (Å²) in [7, 11) is 0. The smallest absolute Gasteiger partial charge is 0.00419 e. The summed E-state index contributed by atoms with van der Waals surface area (Å²) >= 11 is 0. The molecule has 0 amide bonds. The predicted molar refractivity (Wildman–Crippen MR) is 49.6 cm³/mol. The van der Waals surface area contributed by atoms with Crippen LogP contribution in [0.2, 0.25) is 0 Å². The van der Waals surface area contributed by atoms with Crippen molar-refractivity contribution in [3.8, 4) is 0 Å². The van der Waals surface area contributed by atoms with Crippen LogP contribution in [0.1, 0.15) is 40.5 Å². The van der Waals surface area contributed by atoms with Gasteiger partial charge in [0.2, 0.25) is 0 Å². The van der Waals surface area contributed by atoms with Crippen LogP contribution in [0.25, 0.3) is 0 Å². The van der Waals surface area contributed by atoms with E-state index in [-0.39, 0.29) is 0 Å². The number of nitrogens with one attached hydrogen (secondary N) is 1. The number of hydrogen-bond acceptors (Lipinski definition) is 1. The van der Waals surface area contributed by atoms with Crippen molar-refractivity contribution in [3.05, 3.63) is 0 Å². The van der Waals surface area contributed by atoms with Crippen LogP contribution in [0.4, 0.5) is 0 Å². The predicted octanol–water partition coefficient (Wildman–Crippen LogP) is 2.42. The fraction of sp³-hybridized carbons (Fsp3) is 1.00. The van der Waals surface area contributed by atoms with Crippen molar-refractivity contribution in [2.45, 2.75) is 46.6 Å². The van der Waals surface area contributed by atoms with Gasteiger partial charge in [-0.1, -0.05) is 20.8 Å². The fourth-order valence-corrected chi connectivity index (χ4v) is 2.06. The molecular weight excluding hydrogens is 134 g/mol. The lowest BCUT2D eigenvalue weighted by atomic mass is 9.84. The Morgan fingerprint density at radius 3 is 2.36 bits per heavy atom. The number of hydrogen-bond donors (Lipinski definition) is 1. The van der Waals surface area contributed by atoms with E-state index in [1.807, 2.05) is 0 Å². The zero-order valence-corrected chi connectivity index (χ0v) is 8.28. The van der Waals surface area contributed by atoms with Gasteiger partial charge in [-0.25, -0.2) is 0 Å². The van der Waals surface area contributed by atoms with Crippen LogP contribution >= 0.6 is 0 Å². The normalized spacial score (nSPS) is 32.7. The van der Waals surface area contributed by atoms with Crippen molar-refractivity contribution in [3.63, 3.8) is 0 Å². The molecule has 1 nitrogen and oxygen atoms in total. The Kier molecular flexibility index (Phi) is 2.58. The largest absolute Gasteiger partial charge is 0.314 e. The topological polar surface area (TPSA) is 12.0 Å². The van der Waals surface area contributed by atoms with Gasteiger partial charge in [0.1, 0.15) is 0 Å². The summed E-state index contributed by atoms with van der Waals surface area (Å²) in [4.78, 5) is 0. The van der Waals surface area contributed by atoms with Gasteiger partial charge in [0.15, 0.2) is 0 Å². The molecule has 1 heterocycles. The van der Waals surface area contributed by atoms with E-state index in [1.165, 1.54) is 19.4 Å². The van der Waals surface area contributed by atoms with Crippen LogP contribution in [-0.2, 0) is 0 Å². The molecule has 0 spiro atoms. The molecule has 0 unspecified atom stereocenters.